The van der Waals surface area contributed by atoms with Crippen LogP contribution in [-0.4, -0.2) is 51.9 Å². The number of carbonyl (C=O) groups is 3. The smallest absolute Gasteiger partial charge is 0.305 e. The number of aromatic nitrogens is 1. The van der Waals surface area contributed by atoms with E-state index in [1.54, 1.807) is 29.4 Å². The number of carboxylic acid groups (broad SMARTS) is 1. The summed E-state index contributed by atoms with van der Waals surface area (Å²) in [4.78, 5) is 42.7. The fourth-order valence-electron chi connectivity index (χ4n) is 3.81. The molecule has 1 aliphatic heterocycles. The molecule has 0 spiro atoms. The van der Waals surface area contributed by atoms with Crippen LogP contribution in [-0.2, 0) is 22.6 Å². The fourth-order valence-corrected chi connectivity index (χ4v) is 3.81. The standard InChI is InChI=1S/C25H32N4O4/c1-17(2)9-13-29-16-20-6-5-19(14-21(20)28-22(25(29)33)15-23(30)31)24(32)27-10-3-4-18-7-11-26-12-8-18/h5-8,11-12,14,17,22,28H,3-4,9-10,13,15-16H2,1-2H3,(H,27,32)(H,30,31). The first-order valence-electron chi connectivity index (χ1n) is 11.4. The van der Waals surface area contributed by atoms with Gasteiger partial charge in [-0.25, -0.2) is 0 Å². The molecule has 3 N–H and O–H groups in total. The molecule has 2 aromatic rings. The van der Waals surface area contributed by atoms with E-state index in [2.05, 4.69) is 29.5 Å². The lowest BCUT2D eigenvalue weighted by Gasteiger charge is -2.24. The molecule has 8 heteroatoms. The lowest BCUT2D eigenvalue weighted by atomic mass is 10.1. The Balaban J connectivity index is 1.68. The number of carbonyl (C=O) groups excluding carboxylic acids is 2. The minimum atomic E-state index is -1.05. The minimum absolute atomic E-state index is 0.198. The highest BCUT2D eigenvalue weighted by Gasteiger charge is 2.31. The zero-order valence-corrected chi connectivity index (χ0v) is 19.2. The Morgan fingerprint density at radius 1 is 1.24 bits per heavy atom. The Hall–Kier alpha value is -3.42. The molecule has 2 heterocycles. The summed E-state index contributed by atoms with van der Waals surface area (Å²) in [5.74, 6) is -1.04. The Morgan fingerprint density at radius 3 is 2.70 bits per heavy atom. The van der Waals surface area contributed by atoms with Crippen molar-refractivity contribution in [3.05, 3.63) is 59.4 Å². The number of aryl methyl sites for hydroxylation is 1. The van der Waals surface area contributed by atoms with E-state index in [1.807, 2.05) is 18.2 Å². The largest absolute Gasteiger partial charge is 0.481 e. The summed E-state index contributed by atoms with van der Waals surface area (Å²) in [6, 6.07) is 8.35. The maximum atomic E-state index is 13.0. The Morgan fingerprint density at radius 2 is 2.00 bits per heavy atom. The summed E-state index contributed by atoms with van der Waals surface area (Å²) in [6.07, 6.45) is 5.67. The predicted octanol–water partition coefficient (Wildman–Crippen LogP) is 3.09. The number of fused-ring (bicyclic) bond motifs is 1. The van der Waals surface area contributed by atoms with E-state index in [9.17, 15) is 19.5 Å². The van der Waals surface area contributed by atoms with Crippen molar-refractivity contribution < 1.29 is 19.5 Å². The van der Waals surface area contributed by atoms with Gasteiger partial charge in [0.15, 0.2) is 0 Å². The molecule has 0 radical (unpaired) electrons. The van der Waals surface area contributed by atoms with Crippen molar-refractivity contribution in [2.75, 3.05) is 18.4 Å². The lowest BCUT2D eigenvalue weighted by molar-refractivity contribution is -0.141. The van der Waals surface area contributed by atoms with Crippen LogP contribution in [0.1, 0.15) is 54.6 Å². The minimum Gasteiger partial charge on any atom is -0.481 e. The van der Waals surface area contributed by atoms with Crippen molar-refractivity contribution in [2.45, 2.75) is 52.1 Å². The van der Waals surface area contributed by atoms with E-state index in [4.69, 9.17) is 0 Å². The van der Waals surface area contributed by atoms with Crippen LogP contribution in [0, 0.1) is 5.92 Å². The topological polar surface area (TPSA) is 112 Å². The van der Waals surface area contributed by atoms with E-state index in [1.165, 1.54) is 5.56 Å². The van der Waals surface area contributed by atoms with Crippen molar-refractivity contribution in [3.8, 4) is 0 Å². The van der Waals surface area contributed by atoms with Crippen LogP contribution in [0.25, 0.3) is 0 Å². The third-order valence-corrected chi connectivity index (χ3v) is 5.71. The third kappa shape index (κ3) is 7.03. The van der Waals surface area contributed by atoms with E-state index < -0.39 is 12.0 Å². The molecule has 2 amide bonds. The van der Waals surface area contributed by atoms with Crippen molar-refractivity contribution in [3.63, 3.8) is 0 Å². The molecule has 1 atom stereocenters. The highest BCUT2D eigenvalue weighted by molar-refractivity contribution is 5.96. The average Bonchev–Trinajstić information content (AvgIpc) is 2.91. The van der Waals surface area contributed by atoms with Gasteiger partial charge in [0.2, 0.25) is 5.91 Å². The second-order valence-corrected chi connectivity index (χ2v) is 8.82. The number of anilines is 1. The number of aliphatic carboxylic acids is 1. The second-order valence-electron chi connectivity index (χ2n) is 8.82. The molecular formula is C25H32N4O4. The Bertz CT molecular complexity index is 978. The number of hydrogen-bond acceptors (Lipinski definition) is 5. The van der Waals surface area contributed by atoms with Gasteiger partial charge in [-0.15, -0.1) is 0 Å². The zero-order chi connectivity index (χ0) is 23.8. The number of nitrogens with one attached hydrogen (secondary N) is 2. The molecule has 8 nitrogen and oxygen atoms in total. The third-order valence-electron chi connectivity index (χ3n) is 5.71. The maximum absolute atomic E-state index is 13.0. The summed E-state index contributed by atoms with van der Waals surface area (Å²) >= 11 is 0. The molecule has 1 aliphatic rings. The van der Waals surface area contributed by atoms with Crippen LogP contribution in [0.3, 0.4) is 0 Å². The first kappa shape index (κ1) is 24.2. The first-order chi connectivity index (χ1) is 15.8. The number of carboxylic acids is 1. The number of amides is 2. The summed E-state index contributed by atoms with van der Waals surface area (Å²) in [5, 5.41) is 15.3. The van der Waals surface area contributed by atoms with Gasteiger partial charge in [-0.3, -0.25) is 19.4 Å². The molecule has 1 unspecified atom stereocenters. The number of hydrogen-bond donors (Lipinski definition) is 3. The van der Waals surface area contributed by atoms with Crippen molar-refractivity contribution >= 4 is 23.5 Å². The molecule has 0 fully saturated rings. The average molecular weight is 453 g/mol. The first-order valence-corrected chi connectivity index (χ1v) is 11.4. The van der Waals surface area contributed by atoms with E-state index in [0.29, 0.717) is 36.8 Å². The Kier molecular flexibility index (Phi) is 8.40. The molecular weight excluding hydrogens is 420 g/mol. The summed E-state index contributed by atoms with van der Waals surface area (Å²) in [6.45, 7) is 5.66. The van der Waals surface area contributed by atoms with Gasteiger partial charge in [0.05, 0.1) is 6.42 Å². The van der Waals surface area contributed by atoms with E-state index >= 15 is 0 Å². The fraction of sp³-hybridized carbons (Fsp3) is 0.440. The SMILES string of the molecule is CC(C)CCN1Cc2ccc(C(=O)NCCCc3ccncc3)cc2NC(CC(=O)O)C1=O. The van der Waals surface area contributed by atoms with Gasteiger partial charge in [0.25, 0.3) is 5.91 Å². The molecule has 1 aromatic heterocycles. The maximum Gasteiger partial charge on any atom is 0.305 e. The molecule has 1 aromatic carbocycles. The molecule has 176 valence electrons. The number of nitrogens with zero attached hydrogens (tertiary/aromatic N) is 2. The van der Waals surface area contributed by atoms with Crippen LogP contribution < -0.4 is 10.6 Å². The molecule has 0 saturated heterocycles. The van der Waals surface area contributed by atoms with Gasteiger partial charge in [-0.05, 0) is 60.6 Å². The normalized spacial score (nSPS) is 15.5. The molecule has 3 rings (SSSR count). The molecule has 0 bridgehead atoms. The molecule has 0 aliphatic carbocycles. The Labute approximate surface area is 194 Å². The van der Waals surface area contributed by atoms with Gasteiger partial charge < -0.3 is 20.6 Å². The van der Waals surface area contributed by atoms with E-state index in [-0.39, 0.29) is 18.2 Å². The van der Waals surface area contributed by atoms with Crippen LogP contribution >= 0.6 is 0 Å². The number of pyridine rings is 1. The van der Waals surface area contributed by atoms with Crippen molar-refractivity contribution in [1.29, 1.82) is 0 Å². The van der Waals surface area contributed by atoms with Gasteiger partial charge in [0.1, 0.15) is 6.04 Å². The quantitative estimate of drug-likeness (QED) is 0.478. The highest BCUT2D eigenvalue weighted by atomic mass is 16.4. The van der Waals surface area contributed by atoms with Crippen LogP contribution in [0.15, 0.2) is 42.7 Å². The van der Waals surface area contributed by atoms with Gasteiger partial charge in [0, 0.05) is 43.3 Å². The van der Waals surface area contributed by atoms with Gasteiger partial charge in [-0.2, -0.15) is 0 Å². The van der Waals surface area contributed by atoms with Crippen molar-refractivity contribution in [1.82, 2.24) is 15.2 Å². The monoisotopic (exact) mass is 452 g/mol. The summed E-state index contributed by atoms with van der Waals surface area (Å²) < 4.78 is 0. The number of benzene rings is 1. The predicted molar refractivity (Wildman–Crippen MR) is 126 cm³/mol. The molecule has 0 saturated carbocycles. The lowest BCUT2D eigenvalue weighted by Crippen LogP contribution is -2.42. The van der Waals surface area contributed by atoms with Gasteiger partial charge in [-0.1, -0.05) is 19.9 Å². The van der Waals surface area contributed by atoms with Gasteiger partial charge >= 0.3 is 5.97 Å². The number of rotatable bonds is 10. The van der Waals surface area contributed by atoms with Crippen LogP contribution in [0.4, 0.5) is 5.69 Å². The van der Waals surface area contributed by atoms with Crippen LogP contribution in [0.2, 0.25) is 0 Å². The zero-order valence-electron chi connectivity index (χ0n) is 19.2. The highest BCUT2D eigenvalue weighted by Crippen LogP contribution is 2.26. The summed E-state index contributed by atoms with van der Waals surface area (Å²) in [5.41, 5.74) is 3.15. The summed E-state index contributed by atoms with van der Waals surface area (Å²) in [7, 11) is 0. The van der Waals surface area contributed by atoms with Crippen LogP contribution in [0.5, 0.6) is 0 Å². The van der Waals surface area contributed by atoms with E-state index in [0.717, 1.165) is 24.8 Å². The second kappa shape index (κ2) is 11.4. The van der Waals surface area contributed by atoms with Crippen molar-refractivity contribution in [2.24, 2.45) is 5.92 Å². The molecule has 33 heavy (non-hydrogen) atoms.